The molecule has 1 aliphatic carbocycles. The van der Waals surface area contributed by atoms with Gasteiger partial charge in [-0.25, -0.2) is 0 Å². The van der Waals surface area contributed by atoms with Crippen molar-refractivity contribution in [1.82, 2.24) is 5.06 Å². The van der Waals surface area contributed by atoms with Crippen molar-refractivity contribution >= 4 is 0 Å². The van der Waals surface area contributed by atoms with Crippen LogP contribution in [0.3, 0.4) is 0 Å². The van der Waals surface area contributed by atoms with E-state index in [9.17, 15) is 5.21 Å². The molecule has 17 heavy (non-hydrogen) atoms. The van der Waals surface area contributed by atoms with E-state index in [-0.39, 0.29) is 16.9 Å². The molecule has 0 saturated carbocycles. The van der Waals surface area contributed by atoms with Crippen LogP contribution in [-0.2, 0) is 11.8 Å². The summed E-state index contributed by atoms with van der Waals surface area (Å²) in [5.74, 6) is 0. The summed E-state index contributed by atoms with van der Waals surface area (Å²) in [5.41, 5.74) is 3.18. The lowest BCUT2D eigenvalue weighted by atomic mass is 9.54. The standard InChI is InChI=1S/C15H21NO/c1-14(2)12-7-5-4-6-11(12)10-13-15(14,3)8-9-16(13)17/h4-7,13,17H,8-10H2,1-3H3. The van der Waals surface area contributed by atoms with E-state index in [1.807, 2.05) is 0 Å². The molecule has 3 rings (SSSR count). The summed E-state index contributed by atoms with van der Waals surface area (Å²) >= 11 is 0. The maximum atomic E-state index is 10.1. The molecule has 1 heterocycles. The van der Waals surface area contributed by atoms with Crippen molar-refractivity contribution < 1.29 is 5.21 Å². The fourth-order valence-corrected chi connectivity index (χ4v) is 3.88. The fraction of sp³-hybridized carbons (Fsp3) is 0.600. The van der Waals surface area contributed by atoms with Gasteiger partial charge in [0.05, 0.1) is 0 Å². The first-order chi connectivity index (χ1) is 7.97. The second-order valence-corrected chi connectivity index (χ2v) is 6.33. The fourth-order valence-electron chi connectivity index (χ4n) is 3.88. The Labute approximate surface area is 103 Å². The molecule has 1 aromatic carbocycles. The summed E-state index contributed by atoms with van der Waals surface area (Å²) in [6, 6.07) is 8.98. The van der Waals surface area contributed by atoms with Gasteiger partial charge in [0.1, 0.15) is 0 Å². The summed E-state index contributed by atoms with van der Waals surface area (Å²) in [6.07, 6.45) is 2.06. The number of fused-ring (bicyclic) bond motifs is 2. The van der Waals surface area contributed by atoms with Crippen molar-refractivity contribution in [2.75, 3.05) is 6.54 Å². The van der Waals surface area contributed by atoms with Gasteiger partial charge in [-0.2, -0.15) is 5.06 Å². The average molecular weight is 231 g/mol. The minimum atomic E-state index is 0.129. The van der Waals surface area contributed by atoms with Gasteiger partial charge < -0.3 is 5.21 Å². The highest BCUT2D eigenvalue weighted by Gasteiger charge is 2.56. The molecule has 2 atom stereocenters. The summed E-state index contributed by atoms with van der Waals surface area (Å²) in [4.78, 5) is 0. The molecule has 0 spiro atoms. The molecule has 92 valence electrons. The lowest BCUT2D eigenvalue weighted by molar-refractivity contribution is -0.127. The Hall–Kier alpha value is -0.860. The van der Waals surface area contributed by atoms with Crippen LogP contribution in [0, 0.1) is 5.41 Å². The third-order valence-electron chi connectivity index (χ3n) is 5.49. The first kappa shape index (κ1) is 11.2. The van der Waals surface area contributed by atoms with Crippen LogP contribution in [0.4, 0.5) is 0 Å². The van der Waals surface area contributed by atoms with Gasteiger partial charge in [-0.05, 0) is 34.8 Å². The Morgan fingerprint density at radius 1 is 1.24 bits per heavy atom. The van der Waals surface area contributed by atoms with Gasteiger partial charge in [-0.3, -0.25) is 0 Å². The number of nitrogens with zero attached hydrogens (tertiary/aromatic N) is 1. The van der Waals surface area contributed by atoms with E-state index in [4.69, 9.17) is 0 Å². The zero-order valence-corrected chi connectivity index (χ0v) is 10.9. The number of hydrogen-bond acceptors (Lipinski definition) is 2. The average Bonchev–Trinajstić information content (AvgIpc) is 2.59. The molecule has 1 N–H and O–H groups in total. The lowest BCUT2D eigenvalue weighted by Crippen LogP contribution is -2.52. The van der Waals surface area contributed by atoms with Gasteiger partial charge in [-0.15, -0.1) is 0 Å². The first-order valence-electron chi connectivity index (χ1n) is 6.51. The van der Waals surface area contributed by atoms with E-state index in [1.165, 1.54) is 11.1 Å². The van der Waals surface area contributed by atoms with Crippen molar-refractivity contribution in [2.24, 2.45) is 5.41 Å². The summed E-state index contributed by atoms with van der Waals surface area (Å²) in [5, 5.41) is 11.6. The third kappa shape index (κ3) is 1.28. The quantitative estimate of drug-likeness (QED) is 0.742. The highest BCUT2D eigenvalue weighted by Crippen LogP contribution is 2.55. The van der Waals surface area contributed by atoms with E-state index < -0.39 is 0 Å². The first-order valence-corrected chi connectivity index (χ1v) is 6.51. The largest absolute Gasteiger partial charge is 0.314 e. The van der Waals surface area contributed by atoms with Crippen molar-refractivity contribution in [2.45, 2.75) is 45.1 Å². The van der Waals surface area contributed by atoms with Crippen LogP contribution >= 0.6 is 0 Å². The van der Waals surface area contributed by atoms with Crippen molar-refractivity contribution in [3.8, 4) is 0 Å². The molecule has 0 radical (unpaired) electrons. The van der Waals surface area contributed by atoms with Gasteiger partial charge in [0.15, 0.2) is 0 Å². The second kappa shape index (κ2) is 3.33. The van der Waals surface area contributed by atoms with Crippen LogP contribution in [0.15, 0.2) is 24.3 Å². The molecule has 1 saturated heterocycles. The Kier molecular flexibility index (Phi) is 2.20. The van der Waals surface area contributed by atoms with Crippen LogP contribution in [0.1, 0.15) is 38.3 Å². The van der Waals surface area contributed by atoms with Crippen LogP contribution in [0.2, 0.25) is 0 Å². The maximum Gasteiger partial charge on any atom is 0.0453 e. The molecule has 0 amide bonds. The Morgan fingerprint density at radius 2 is 1.94 bits per heavy atom. The Balaban J connectivity index is 2.18. The molecular weight excluding hydrogens is 210 g/mol. The zero-order valence-electron chi connectivity index (χ0n) is 10.9. The smallest absolute Gasteiger partial charge is 0.0453 e. The summed E-state index contributed by atoms with van der Waals surface area (Å²) < 4.78 is 0. The molecule has 1 fully saturated rings. The minimum Gasteiger partial charge on any atom is -0.314 e. The van der Waals surface area contributed by atoms with E-state index in [0.717, 1.165) is 19.4 Å². The number of hydroxylamine groups is 2. The van der Waals surface area contributed by atoms with Gasteiger partial charge >= 0.3 is 0 Å². The number of hydrogen-bond donors (Lipinski definition) is 1. The Morgan fingerprint density at radius 3 is 2.71 bits per heavy atom. The highest BCUT2D eigenvalue weighted by molar-refractivity contribution is 5.40. The third-order valence-corrected chi connectivity index (χ3v) is 5.49. The molecule has 0 bridgehead atoms. The molecule has 1 aliphatic heterocycles. The molecular formula is C15H21NO. The predicted molar refractivity (Wildman–Crippen MR) is 68.2 cm³/mol. The van der Waals surface area contributed by atoms with E-state index >= 15 is 0 Å². The Bertz CT molecular complexity index is 454. The topological polar surface area (TPSA) is 23.5 Å². The van der Waals surface area contributed by atoms with Crippen LogP contribution in [0.25, 0.3) is 0 Å². The summed E-state index contributed by atoms with van der Waals surface area (Å²) in [7, 11) is 0. The predicted octanol–water partition coefficient (Wildman–Crippen LogP) is 2.99. The SMILES string of the molecule is CC1(C)c2ccccc2CC2N(O)CCC21C. The molecule has 2 heteroatoms. The zero-order chi connectivity index (χ0) is 12.3. The van der Waals surface area contributed by atoms with Crippen molar-refractivity contribution in [3.63, 3.8) is 0 Å². The molecule has 2 unspecified atom stereocenters. The number of rotatable bonds is 0. The van der Waals surface area contributed by atoms with E-state index in [2.05, 4.69) is 45.0 Å². The lowest BCUT2D eigenvalue weighted by Gasteiger charge is -2.51. The molecule has 2 aliphatic rings. The normalized spacial score (nSPS) is 35.4. The monoisotopic (exact) mass is 231 g/mol. The molecule has 1 aromatic rings. The van der Waals surface area contributed by atoms with Gasteiger partial charge in [0, 0.05) is 12.6 Å². The van der Waals surface area contributed by atoms with E-state index in [0.29, 0.717) is 0 Å². The highest BCUT2D eigenvalue weighted by atomic mass is 16.5. The van der Waals surface area contributed by atoms with Crippen molar-refractivity contribution in [3.05, 3.63) is 35.4 Å². The second-order valence-electron chi connectivity index (χ2n) is 6.33. The minimum absolute atomic E-state index is 0.129. The molecule has 0 aromatic heterocycles. The van der Waals surface area contributed by atoms with Crippen molar-refractivity contribution in [1.29, 1.82) is 0 Å². The van der Waals surface area contributed by atoms with Crippen LogP contribution in [-0.4, -0.2) is 22.9 Å². The van der Waals surface area contributed by atoms with Crippen LogP contribution in [0.5, 0.6) is 0 Å². The summed E-state index contributed by atoms with van der Waals surface area (Å²) in [6.45, 7) is 7.80. The molecule has 2 nitrogen and oxygen atoms in total. The number of benzene rings is 1. The van der Waals surface area contributed by atoms with Crippen LogP contribution < -0.4 is 0 Å². The van der Waals surface area contributed by atoms with E-state index in [1.54, 1.807) is 5.06 Å². The maximum absolute atomic E-state index is 10.1. The van der Waals surface area contributed by atoms with Gasteiger partial charge in [0.2, 0.25) is 0 Å². The van der Waals surface area contributed by atoms with Gasteiger partial charge in [-0.1, -0.05) is 45.0 Å². The van der Waals surface area contributed by atoms with Gasteiger partial charge in [0.25, 0.3) is 0 Å².